The van der Waals surface area contributed by atoms with Crippen molar-refractivity contribution < 1.29 is 19.1 Å². The minimum absolute atomic E-state index is 0.184. The van der Waals surface area contributed by atoms with Gasteiger partial charge in [-0.3, -0.25) is 4.79 Å². The van der Waals surface area contributed by atoms with Gasteiger partial charge >= 0.3 is 11.9 Å². The molecular formula is C25H32O4Si. The molecule has 0 aliphatic heterocycles. The van der Waals surface area contributed by atoms with Crippen LogP contribution in [0.5, 0.6) is 0 Å². The molecule has 0 aromatic heterocycles. The maximum Gasteiger partial charge on any atom is 0.337 e. The van der Waals surface area contributed by atoms with Crippen LogP contribution in [0.1, 0.15) is 56.0 Å². The largest absolute Gasteiger partial charge is 0.462 e. The SMILES string of the molecule is CCOC(=O)c1ccc(C#CC=CC2=C(C)CCCC2OC(C)=O)cc1[Si](C)(C)C. The van der Waals surface area contributed by atoms with Gasteiger partial charge in [0.1, 0.15) is 6.10 Å². The lowest BCUT2D eigenvalue weighted by molar-refractivity contribution is -0.144. The predicted octanol–water partition coefficient (Wildman–Crippen LogP) is 4.75. The molecular weight excluding hydrogens is 392 g/mol. The summed E-state index contributed by atoms with van der Waals surface area (Å²) in [7, 11) is -1.75. The van der Waals surface area contributed by atoms with Crippen molar-refractivity contribution in [2.24, 2.45) is 0 Å². The molecule has 0 heterocycles. The summed E-state index contributed by atoms with van der Waals surface area (Å²) in [5.41, 5.74) is 3.80. The quantitative estimate of drug-likeness (QED) is 0.389. The highest BCUT2D eigenvalue weighted by Crippen LogP contribution is 2.28. The van der Waals surface area contributed by atoms with E-state index in [1.807, 2.05) is 37.3 Å². The van der Waals surface area contributed by atoms with Gasteiger partial charge in [0.15, 0.2) is 0 Å². The van der Waals surface area contributed by atoms with Gasteiger partial charge in [0, 0.05) is 12.5 Å². The number of carbonyl (C=O) groups excluding carboxylic acids is 2. The molecule has 160 valence electrons. The van der Waals surface area contributed by atoms with E-state index in [9.17, 15) is 9.59 Å². The number of benzene rings is 1. The fourth-order valence-electron chi connectivity index (χ4n) is 3.59. The average Bonchev–Trinajstić information content (AvgIpc) is 2.66. The first kappa shape index (κ1) is 23.7. The second-order valence-corrected chi connectivity index (χ2v) is 13.6. The van der Waals surface area contributed by atoms with Gasteiger partial charge in [-0.15, -0.1) is 0 Å². The van der Waals surface area contributed by atoms with Crippen molar-refractivity contribution in [1.82, 2.24) is 0 Å². The summed E-state index contributed by atoms with van der Waals surface area (Å²) in [6.07, 6.45) is 6.48. The van der Waals surface area contributed by atoms with Crippen LogP contribution in [0.25, 0.3) is 0 Å². The first-order valence-electron chi connectivity index (χ1n) is 10.5. The highest BCUT2D eigenvalue weighted by molar-refractivity contribution is 6.89. The van der Waals surface area contributed by atoms with Crippen LogP contribution in [-0.2, 0) is 14.3 Å². The lowest BCUT2D eigenvalue weighted by Gasteiger charge is -2.25. The van der Waals surface area contributed by atoms with Gasteiger partial charge < -0.3 is 9.47 Å². The predicted molar refractivity (Wildman–Crippen MR) is 124 cm³/mol. The summed E-state index contributed by atoms with van der Waals surface area (Å²) < 4.78 is 10.7. The van der Waals surface area contributed by atoms with Crippen LogP contribution in [0, 0.1) is 11.8 Å². The number of hydrogen-bond acceptors (Lipinski definition) is 4. The van der Waals surface area contributed by atoms with Crippen LogP contribution in [-0.4, -0.2) is 32.7 Å². The topological polar surface area (TPSA) is 52.6 Å². The molecule has 0 N–H and O–H groups in total. The zero-order valence-electron chi connectivity index (χ0n) is 18.9. The van der Waals surface area contributed by atoms with Crippen molar-refractivity contribution in [2.45, 2.75) is 65.8 Å². The van der Waals surface area contributed by atoms with E-state index < -0.39 is 8.07 Å². The van der Waals surface area contributed by atoms with Crippen LogP contribution in [0.2, 0.25) is 19.6 Å². The third-order valence-electron chi connectivity index (χ3n) is 5.05. The molecule has 5 heteroatoms. The highest BCUT2D eigenvalue weighted by atomic mass is 28.3. The monoisotopic (exact) mass is 424 g/mol. The zero-order chi connectivity index (χ0) is 22.3. The molecule has 2 rings (SSSR count). The van der Waals surface area contributed by atoms with Gasteiger partial charge in [-0.25, -0.2) is 4.79 Å². The van der Waals surface area contributed by atoms with Crippen molar-refractivity contribution in [3.8, 4) is 11.8 Å². The highest BCUT2D eigenvalue weighted by Gasteiger charge is 2.24. The van der Waals surface area contributed by atoms with Gasteiger partial charge in [-0.1, -0.05) is 37.1 Å². The van der Waals surface area contributed by atoms with E-state index in [0.717, 1.165) is 35.6 Å². The number of hydrogen-bond donors (Lipinski definition) is 0. The van der Waals surface area contributed by atoms with Crippen molar-refractivity contribution in [3.63, 3.8) is 0 Å². The molecule has 0 amide bonds. The minimum atomic E-state index is -1.75. The standard InChI is InChI=1S/C25H32O4Si/c1-7-28-25(27)22-16-15-20(17-24(22)30(4,5)6)12-8-9-13-21-18(2)11-10-14-23(21)29-19(3)26/h9,13,15-17,23H,7,10-11,14H2,1-6H3. The van der Waals surface area contributed by atoms with E-state index in [4.69, 9.17) is 9.47 Å². The summed E-state index contributed by atoms with van der Waals surface area (Å²) in [5, 5.41) is 1.05. The Bertz CT molecular complexity index is 923. The van der Waals surface area contributed by atoms with Crippen LogP contribution in [0.15, 0.2) is 41.5 Å². The maximum absolute atomic E-state index is 12.3. The molecule has 1 unspecified atom stereocenters. The summed E-state index contributed by atoms with van der Waals surface area (Å²) in [5.74, 6) is 5.73. The molecule has 0 saturated carbocycles. The minimum Gasteiger partial charge on any atom is -0.462 e. The molecule has 4 nitrogen and oxygen atoms in total. The average molecular weight is 425 g/mol. The van der Waals surface area contributed by atoms with Crippen molar-refractivity contribution in [3.05, 3.63) is 52.6 Å². The lowest BCUT2D eigenvalue weighted by atomic mass is 9.90. The molecule has 1 atom stereocenters. The normalized spacial score (nSPS) is 16.8. The Hall–Kier alpha value is -2.58. The Labute approximate surface area is 181 Å². The Kier molecular flexibility index (Phi) is 8.25. The lowest BCUT2D eigenvalue weighted by Crippen LogP contribution is -2.41. The molecule has 0 spiro atoms. The molecule has 1 aromatic carbocycles. The number of allylic oxidation sites excluding steroid dienone is 2. The summed E-state index contributed by atoms with van der Waals surface area (Å²) in [6.45, 7) is 12.3. The fourth-order valence-corrected chi connectivity index (χ4v) is 5.17. The van der Waals surface area contributed by atoms with Gasteiger partial charge in [0.05, 0.1) is 20.2 Å². The van der Waals surface area contributed by atoms with E-state index in [1.54, 1.807) is 0 Å². The fraction of sp³-hybridized carbons (Fsp3) is 0.440. The number of esters is 2. The van der Waals surface area contributed by atoms with Gasteiger partial charge in [-0.05, 0) is 74.2 Å². The Morgan fingerprint density at radius 3 is 2.63 bits per heavy atom. The molecule has 1 aliphatic rings. The van der Waals surface area contributed by atoms with Gasteiger partial charge in [-0.2, -0.15) is 0 Å². The van der Waals surface area contributed by atoms with Crippen molar-refractivity contribution in [1.29, 1.82) is 0 Å². The molecule has 1 aliphatic carbocycles. The second-order valence-electron chi connectivity index (χ2n) is 8.56. The van der Waals surface area contributed by atoms with Gasteiger partial charge in [0.2, 0.25) is 0 Å². The third kappa shape index (κ3) is 6.46. The van der Waals surface area contributed by atoms with Crippen LogP contribution >= 0.6 is 0 Å². The Morgan fingerprint density at radius 1 is 1.27 bits per heavy atom. The molecule has 0 fully saturated rings. The molecule has 0 radical (unpaired) electrons. The molecule has 30 heavy (non-hydrogen) atoms. The van der Waals surface area contributed by atoms with Crippen LogP contribution in [0.3, 0.4) is 0 Å². The third-order valence-corrected chi connectivity index (χ3v) is 7.08. The van der Waals surface area contributed by atoms with E-state index in [-0.39, 0.29) is 18.0 Å². The summed E-state index contributed by atoms with van der Waals surface area (Å²) in [4.78, 5) is 23.7. The van der Waals surface area contributed by atoms with Crippen LogP contribution < -0.4 is 5.19 Å². The number of rotatable bonds is 5. The van der Waals surface area contributed by atoms with Crippen molar-refractivity contribution >= 4 is 25.2 Å². The van der Waals surface area contributed by atoms with Crippen LogP contribution in [0.4, 0.5) is 0 Å². The summed E-state index contributed by atoms with van der Waals surface area (Å²) in [6, 6.07) is 5.71. The van der Waals surface area contributed by atoms with E-state index in [0.29, 0.717) is 12.2 Å². The Morgan fingerprint density at radius 2 is 2.00 bits per heavy atom. The zero-order valence-corrected chi connectivity index (χ0v) is 19.9. The van der Waals surface area contributed by atoms with Crippen molar-refractivity contribution in [2.75, 3.05) is 6.61 Å². The number of carbonyl (C=O) groups is 2. The second kappa shape index (κ2) is 10.4. The van der Waals surface area contributed by atoms with E-state index in [1.165, 1.54) is 12.5 Å². The smallest absolute Gasteiger partial charge is 0.337 e. The Balaban J connectivity index is 2.27. The molecule has 1 aromatic rings. The van der Waals surface area contributed by atoms with E-state index >= 15 is 0 Å². The first-order chi connectivity index (χ1) is 14.1. The maximum atomic E-state index is 12.3. The van der Waals surface area contributed by atoms with Gasteiger partial charge in [0.25, 0.3) is 0 Å². The van der Waals surface area contributed by atoms with E-state index in [2.05, 4.69) is 38.4 Å². The number of ether oxygens (including phenoxy) is 2. The summed E-state index contributed by atoms with van der Waals surface area (Å²) >= 11 is 0. The molecule has 0 bridgehead atoms. The molecule has 0 saturated heterocycles. The first-order valence-corrected chi connectivity index (χ1v) is 14.0.